The highest BCUT2D eigenvalue weighted by Gasteiger charge is 2.01. The van der Waals surface area contributed by atoms with E-state index in [-0.39, 0.29) is 25.3 Å². The van der Waals surface area contributed by atoms with Crippen LogP contribution in [0, 0.1) is 0 Å². The third-order valence-electron chi connectivity index (χ3n) is 2.85. The number of hydrogen-bond acceptors (Lipinski definition) is 4. The predicted octanol–water partition coefficient (Wildman–Crippen LogP) is 1.36. The molecule has 2 aromatic carbocycles. The first-order valence-electron chi connectivity index (χ1n) is 6.51. The molecule has 0 aliphatic rings. The van der Waals surface area contributed by atoms with Gasteiger partial charge in [-0.25, -0.2) is 0 Å². The molecule has 0 spiro atoms. The molecule has 20 heavy (non-hydrogen) atoms. The predicted molar refractivity (Wildman–Crippen MR) is 80.9 cm³/mol. The van der Waals surface area contributed by atoms with Gasteiger partial charge in [0.1, 0.15) is 0 Å². The van der Waals surface area contributed by atoms with Crippen molar-refractivity contribution in [3.63, 3.8) is 0 Å². The first-order valence-corrected chi connectivity index (χ1v) is 6.51. The molecular weight excluding hydrogens is 252 g/mol. The summed E-state index contributed by atoms with van der Waals surface area (Å²) in [5, 5.41) is 17.3. The molecule has 0 radical (unpaired) electrons. The number of nitrogens with two attached hydrogens (primary N) is 2. The summed E-state index contributed by atoms with van der Waals surface area (Å²) in [6.45, 7) is 0.00796. The Hall–Kier alpha value is -1.72. The highest BCUT2D eigenvalue weighted by Crippen LogP contribution is 2.07. The Kier molecular flexibility index (Phi) is 7.54. The van der Waals surface area contributed by atoms with Crippen LogP contribution in [-0.4, -0.2) is 23.4 Å². The fourth-order valence-corrected chi connectivity index (χ4v) is 1.61. The van der Waals surface area contributed by atoms with Crippen LogP contribution in [0.3, 0.4) is 0 Å². The van der Waals surface area contributed by atoms with Gasteiger partial charge in [-0.2, -0.15) is 0 Å². The van der Waals surface area contributed by atoms with E-state index in [0.29, 0.717) is 0 Å². The average molecular weight is 274 g/mol. The molecule has 0 fully saturated rings. The molecule has 6 N–H and O–H groups in total. The lowest BCUT2D eigenvalue weighted by molar-refractivity contribution is 0.268. The molecule has 4 heteroatoms. The second-order valence-corrected chi connectivity index (χ2v) is 4.40. The van der Waals surface area contributed by atoms with Gasteiger partial charge in [-0.3, -0.25) is 0 Å². The highest BCUT2D eigenvalue weighted by atomic mass is 16.3. The lowest BCUT2D eigenvalue weighted by atomic mass is 10.1. The van der Waals surface area contributed by atoms with Crippen molar-refractivity contribution in [3.05, 3.63) is 71.8 Å². The van der Waals surface area contributed by atoms with Crippen molar-refractivity contribution in [3.8, 4) is 0 Å². The molecule has 0 unspecified atom stereocenters. The average Bonchev–Trinajstić information content (AvgIpc) is 2.55. The van der Waals surface area contributed by atoms with Gasteiger partial charge >= 0.3 is 0 Å². The van der Waals surface area contributed by atoms with Gasteiger partial charge in [0.05, 0.1) is 25.3 Å². The van der Waals surface area contributed by atoms with E-state index in [0.717, 1.165) is 11.1 Å². The minimum atomic E-state index is -0.235. The third kappa shape index (κ3) is 5.50. The van der Waals surface area contributed by atoms with Crippen molar-refractivity contribution in [1.82, 2.24) is 0 Å². The maximum atomic E-state index is 8.66. The number of hydrogen-bond donors (Lipinski definition) is 4. The van der Waals surface area contributed by atoms with E-state index in [2.05, 4.69) is 0 Å². The summed E-state index contributed by atoms with van der Waals surface area (Å²) in [4.78, 5) is 0. The lowest BCUT2D eigenvalue weighted by Gasteiger charge is -2.06. The van der Waals surface area contributed by atoms with Gasteiger partial charge in [-0.05, 0) is 11.1 Å². The van der Waals surface area contributed by atoms with Crippen LogP contribution in [0.2, 0.25) is 0 Å². The molecule has 108 valence electrons. The van der Waals surface area contributed by atoms with E-state index >= 15 is 0 Å². The molecule has 2 atom stereocenters. The molecule has 0 saturated carbocycles. The second kappa shape index (κ2) is 9.23. The fourth-order valence-electron chi connectivity index (χ4n) is 1.61. The van der Waals surface area contributed by atoms with E-state index in [9.17, 15) is 0 Å². The summed E-state index contributed by atoms with van der Waals surface area (Å²) in [5.41, 5.74) is 13.0. The minimum Gasteiger partial charge on any atom is -0.394 e. The van der Waals surface area contributed by atoms with Crippen molar-refractivity contribution in [2.24, 2.45) is 11.5 Å². The Labute approximate surface area is 119 Å². The SMILES string of the molecule is N[C@H](CO)c1ccccc1.N[C@H](CO)c1ccccc1. The number of benzene rings is 2. The normalized spacial score (nSPS) is 13.0. The zero-order valence-corrected chi connectivity index (χ0v) is 11.4. The molecule has 0 aliphatic carbocycles. The molecule has 2 aromatic rings. The first kappa shape index (κ1) is 16.3. The molecule has 0 saturated heterocycles. The molecule has 0 aromatic heterocycles. The Morgan fingerprint density at radius 1 is 0.650 bits per heavy atom. The Bertz CT molecular complexity index is 417. The van der Waals surface area contributed by atoms with Crippen LogP contribution in [0.5, 0.6) is 0 Å². The Morgan fingerprint density at radius 2 is 0.950 bits per heavy atom. The first-order chi connectivity index (χ1) is 9.69. The monoisotopic (exact) mass is 274 g/mol. The van der Waals surface area contributed by atoms with Crippen molar-refractivity contribution >= 4 is 0 Å². The number of aliphatic hydroxyl groups excluding tert-OH is 2. The van der Waals surface area contributed by atoms with Crippen molar-refractivity contribution in [1.29, 1.82) is 0 Å². The van der Waals surface area contributed by atoms with Crippen LogP contribution in [0.4, 0.5) is 0 Å². The molecule has 0 heterocycles. The zero-order valence-electron chi connectivity index (χ0n) is 11.4. The standard InChI is InChI=1S/2C8H11NO/c2*9-8(6-10)7-4-2-1-3-5-7/h2*1-5,8,10H,6,9H2/t2*8-/m11/s1. The second-order valence-electron chi connectivity index (χ2n) is 4.40. The summed E-state index contributed by atoms with van der Waals surface area (Å²) in [5.74, 6) is 0. The number of aliphatic hydroxyl groups is 2. The fraction of sp³-hybridized carbons (Fsp3) is 0.250. The van der Waals surface area contributed by atoms with Crippen LogP contribution in [0.15, 0.2) is 60.7 Å². The van der Waals surface area contributed by atoms with Crippen LogP contribution in [0.25, 0.3) is 0 Å². The van der Waals surface area contributed by atoms with E-state index in [1.807, 2.05) is 60.7 Å². The van der Waals surface area contributed by atoms with Gasteiger partial charge in [0.15, 0.2) is 0 Å². The number of rotatable bonds is 4. The smallest absolute Gasteiger partial charge is 0.0624 e. The summed E-state index contributed by atoms with van der Waals surface area (Å²) in [6, 6.07) is 18.6. The highest BCUT2D eigenvalue weighted by molar-refractivity contribution is 5.18. The van der Waals surface area contributed by atoms with Crippen molar-refractivity contribution < 1.29 is 10.2 Å². The molecule has 4 nitrogen and oxygen atoms in total. The molecule has 0 aliphatic heterocycles. The van der Waals surface area contributed by atoms with Crippen molar-refractivity contribution in [2.45, 2.75) is 12.1 Å². The van der Waals surface area contributed by atoms with Gasteiger partial charge in [0.25, 0.3) is 0 Å². The lowest BCUT2D eigenvalue weighted by Crippen LogP contribution is -2.13. The van der Waals surface area contributed by atoms with Gasteiger partial charge in [0, 0.05) is 0 Å². The Balaban J connectivity index is 0.000000200. The van der Waals surface area contributed by atoms with Crippen LogP contribution in [-0.2, 0) is 0 Å². The van der Waals surface area contributed by atoms with Gasteiger partial charge in [-0.15, -0.1) is 0 Å². The van der Waals surface area contributed by atoms with Crippen LogP contribution < -0.4 is 11.5 Å². The van der Waals surface area contributed by atoms with Crippen LogP contribution >= 0.6 is 0 Å². The van der Waals surface area contributed by atoms with E-state index < -0.39 is 0 Å². The van der Waals surface area contributed by atoms with Gasteiger partial charge in [0.2, 0.25) is 0 Å². The molecule has 0 amide bonds. The maximum Gasteiger partial charge on any atom is 0.0624 e. The summed E-state index contributed by atoms with van der Waals surface area (Å²) >= 11 is 0. The van der Waals surface area contributed by atoms with E-state index in [4.69, 9.17) is 21.7 Å². The molecule has 2 rings (SSSR count). The third-order valence-corrected chi connectivity index (χ3v) is 2.85. The molecular formula is C16H22N2O2. The topological polar surface area (TPSA) is 92.5 Å². The summed E-state index contributed by atoms with van der Waals surface area (Å²) < 4.78 is 0. The molecule has 0 bridgehead atoms. The Morgan fingerprint density at radius 3 is 1.20 bits per heavy atom. The zero-order chi connectivity index (χ0) is 14.8. The van der Waals surface area contributed by atoms with Crippen LogP contribution in [0.1, 0.15) is 23.2 Å². The summed E-state index contributed by atoms with van der Waals surface area (Å²) in [7, 11) is 0. The van der Waals surface area contributed by atoms with E-state index in [1.165, 1.54) is 0 Å². The van der Waals surface area contributed by atoms with Gasteiger partial charge in [-0.1, -0.05) is 60.7 Å². The minimum absolute atomic E-state index is 0.00398. The summed E-state index contributed by atoms with van der Waals surface area (Å²) in [6.07, 6.45) is 0. The van der Waals surface area contributed by atoms with Gasteiger partial charge < -0.3 is 21.7 Å². The maximum absolute atomic E-state index is 8.66. The quantitative estimate of drug-likeness (QED) is 0.677. The van der Waals surface area contributed by atoms with Crippen molar-refractivity contribution in [2.75, 3.05) is 13.2 Å². The largest absolute Gasteiger partial charge is 0.394 e. The van der Waals surface area contributed by atoms with E-state index in [1.54, 1.807) is 0 Å².